The molecule has 0 saturated heterocycles. The van der Waals surface area contributed by atoms with E-state index in [0.29, 0.717) is 11.5 Å². The van der Waals surface area contributed by atoms with Crippen molar-refractivity contribution in [3.8, 4) is 5.75 Å². The molecule has 156 valence electrons. The fourth-order valence-corrected chi connectivity index (χ4v) is 3.01. The molecule has 30 heavy (non-hydrogen) atoms. The number of hydrogen-bond acceptors (Lipinski definition) is 4. The molecule has 2 N–H and O–H groups in total. The van der Waals surface area contributed by atoms with Gasteiger partial charge >= 0.3 is 0 Å². The van der Waals surface area contributed by atoms with E-state index in [9.17, 15) is 18.4 Å². The zero-order valence-electron chi connectivity index (χ0n) is 15.7. The van der Waals surface area contributed by atoms with Crippen LogP contribution in [0.5, 0.6) is 5.75 Å². The van der Waals surface area contributed by atoms with Gasteiger partial charge in [-0.1, -0.05) is 28.1 Å². The Labute approximate surface area is 179 Å². The first kappa shape index (κ1) is 21.5. The third-order valence-electron chi connectivity index (χ3n) is 4.12. The third kappa shape index (κ3) is 5.24. The Kier molecular flexibility index (Phi) is 6.83. The molecular formula is C21H17BrF2N2O4. The first-order valence-corrected chi connectivity index (χ1v) is 9.61. The van der Waals surface area contributed by atoms with Gasteiger partial charge in [-0.25, -0.2) is 8.78 Å². The van der Waals surface area contributed by atoms with Crippen LogP contribution in [0.15, 0.2) is 63.5 Å². The minimum Gasteiger partial charge on any atom is -0.486 e. The Morgan fingerprint density at radius 2 is 1.90 bits per heavy atom. The lowest BCUT2D eigenvalue weighted by Gasteiger charge is -2.17. The van der Waals surface area contributed by atoms with Gasteiger partial charge < -0.3 is 19.8 Å². The average molecular weight is 479 g/mol. The SMILES string of the molecule is CNC(=O)C(NC(=O)c1ccc(COc2cccc(Br)c2)o1)c1ccc(F)c(F)c1. The molecule has 1 heterocycles. The molecule has 0 saturated carbocycles. The van der Waals surface area contributed by atoms with Gasteiger partial charge in [-0.15, -0.1) is 0 Å². The standard InChI is InChI=1S/C21H17BrF2N2O4/c1-25-21(28)19(12-5-7-16(23)17(24)9-12)26-20(27)18-8-6-15(30-18)11-29-14-4-2-3-13(22)10-14/h2-10,19H,11H2,1H3,(H,25,28)(H,26,27). The molecular weight excluding hydrogens is 462 g/mol. The predicted molar refractivity (Wildman–Crippen MR) is 108 cm³/mol. The van der Waals surface area contributed by atoms with Crippen LogP contribution in [0, 0.1) is 11.6 Å². The second-order valence-electron chi connectivity index (χ2n) is 6.21. The number of benzene rings is 2. The first-order chi connectivity index (χ1) is 14.4. The maximum atomic E-state index is 13.6. The Balaban J connectivity index is 1.70. The van der Waals surface area contributed by atoms with E-state index in [-0.39, 0.29) is 17.9 Å². The second-order valence-corrected chi connectivity index (χ2v) is 7.12. The number of halogens is 3. The number of likely N-dealkylation sites (N-methyl/N-ethyl adjacent to an activating group) is 1. The van der Waals surface area contributed by atoms with Crippen molar-refractivity contribution in [1.82, 2.24) is 10.6 Å². The van der Waals surface area contributed by atoms with Crippen molar-refractivity contribution in [3.63, 3.8) is 0 Å². The summed E-state index contributed by atoms with van der Waals surface area (Å²) in [5, 5.41) is 4.84. The number of carbonyl (C=O) groups excluding carboxylic acids is 2. The van der Waals surface area contributed by atoms with Gasteiger partial charge in [0.1, 0.15) is 24.2 Å². The first-order valence-electron chi connectivity index (χ1n) is 8.82. The third-order valence-corrected chi connectivity index (χ3v) is 4.62. The van der Waals surface area contributed by atoms with Gasteiger partial charge in [0, 0.05) is 11.5 Å². The van der Waals surface area contributed by atoms with Gasteiger partial charge in [-0.2, -0.15) is 0 Å². The monoisotopic (exact) mass is 478 g/mol. The van der Waals surface area contributed by atoms with Crippen molar-refractivity contribution < 1.29 is 27.5 Å². The van der Waals surface area contributed by atoms with E-state index < -0.39 is 29.5 Å². The zero-order valence-corrected chi connectivity index (χ0v) is 17.3. The van der Waals surface area contributed by atoms with E-state index in [1.54, 1.807) is 18.2 Å². The zero-order chi connectivity index (χ0) is 21.7. The molecule has 0 spiro atoms. The summed E-state index contributed by atoms with van der Waals surface area (Å²) in [7, 11) is 1.37. The maximum Gasteiger partial charge on any atom is 0.287 e. The average Bonchev–Trinajstić information content (AvgIpc) is 3.21. The summed E-state index contributed by atoms with van der Waals surface area (Å²) in [5.74, 6) is -2.52. The lowest BCUT2D eigenvalue weighted by Crippen LogP contribution is -2.39. The summed E-state index contributed by atoms with van der Waals surface area (Å²) in [5.41, 5.74) is 0.0892. The molecule has 2 amide bonds. The van der Waals surface area contributed by atoms with E-state index in [4.69, 9.17) is 9.15 Å². The van der Waals surface area contributed by atoms with Crippen LogP contribution in [0.4, 0.5) is 8.78 Å². The topological polar surface area (TPSA) is 80.6 Å². The smallest absolute Gasteiger partial charge is 0.287 e. The lowest BCUT2D eigenvalue weighted by molar-refractivity contribution is -0.122. The van der Waals surface area contributed by atoms with Crippen LogP contribution >= 0.6 is 15.9 Å². The Morgan fingerprint density at radius 1 is 1.10 bits per heavy atom. The van der Waals surface area contributed by atoms with Crippen molar-refractivity contribution >= 4 is 27.7 Å². The normalized spacial score (nSPS) is 11.6. The molecule has 3 aromatic rings. The molecule has 1 aromatic heterocycles. The fourth-order valence-electron chi connectivity index (χ4n) is 2.63. The second kappa shape index (κ2) is 9.53. The van der Waals surface area contributed by atoms with Gasteiger partial charge in [-0.3, -0.25) is 9.59 Å². The highest BCUT2D eigenvalue weighted by atomic mass is 79.9. The fraction of sp³-hybridized carbons (Fsp3) is 0.143. The highest BCUT2D eigenvalue weighted by molar-refractivity contribution is 9.10. The molecule has 2 aromatic carbocycles. The number of amides is 2. The van der Waals surface area contributed by atoms with Crippen LogP contribution in [0.3, 0.4) is 0 Å². The molecule has 9 heteroatoms. The van der Waals surface area contributed by atoms with E-state index >= 15 is 0 Å². The van der Waals surface area contributed by atoms with E-state index in [1.807, 2.05) is 12.1 Å². The van der Waals surface area contributed by atoms with E-state index in [1.165, 1.54) is 19.2 Å². The molecule has 1 atom stereocenters. The van der Waals surface area contributed by atoms with Crippen molar-refractivity contribution in [2.24, 2.45) is 0 Å². The summed E-state index contributed by atoms with van der Waals surface area (Å²) >= 11 is 3.35. The molecule has 0 aliphatic heterocycles. The Hall–Kier alpha value is -3.20. The van der Waals surface area contributed by atoms with Crippen molar-refractivity contribution in [1.29, 1.82) is 0 Å². The Morgan fingerprint density at radius 3 is 2.60 bits per heavy atom. The van der Waals surface area contributed by atoms with Crippen LogP contribution in [-0.2, 0) is 11.4 Å². The van der Waals surface area contributed by atoms with Crippen LogP contribution in [0.2, 0.25) is 0 Å². The van der Waals surface area contributed by atoms with Gasteiger partial charge in [0.2, 0.25) is 5.91 Å². The van der Waals surface area contributed by atoms with Crippen LogP contribution in [0.1, 0.15) is 27.9 Å². The summed E-state index contributed by atoms with van der Waals surface area (Å²) in [6, 6.07) is 12.0. The molecule has 0 bridgehead atoms. The molecule has 0 aliphatic rings. The maximum absolute atomic E-state index is 13.6. The summed E-state index contributed by atoms with van der Waals surface area (Å²) in [4.78, 5) is 24.7. The number of ether oxygens (including phenoxy) is 1. The summed E-state index contributed by atoms with van der Waals surface area (Å²) in [6.45, 7) is 0.0891. The molecule has 0 aliphatic carbocycles. The van der Waals surface area contributed by atoms with Gasteiger partial charge in [0.05, 0.1) is 0 Å². The molecule has 3 rings (SSSR count). The highest BCUT2D eigenvalue weighted by Crippen LogP contribution is 2.21. The quantitative estimate of drug-likeness (QED) is 0.535. The van der Waals surface area contributed by atoms with Crippen LogP contribution in [0.25, 0.3) is 0 Å². The van der Waals surface area contributed by atoms with Gasteiger partial charge in [0.25, 0.3) is 5.91 Å². The van der Waals surface area contributed by atoms with Crippen LogP contribution in [-0.4, -0.2) is 18.9 Å². The summed E-state index contributed by atoms with van der Waals surface area (Å²) < 4.78 is 38.7. The highest BCUT2D eigenvalue weighted by Gasteiger charge is 2.25. The van der Waals surface area contributed by atoms with Gasteiger partial charge in [-0.05, 0) is 48.0 Å². The molecule has 6 nitrogen and oxygen atoms in total. The molecule has 1 unspecified atom stereocenters. The predicted octanol–water partition coefficient (Wildman–Crippen LogP) is 4.12. The van der Waals surface area contributed by atoms with Gasteiger partial charge in [0.15, 0.2) is 17.4 Å². The summed E-state index contributed by atoms with van der Waals surface area (Å²) in [6.07, 6.45) is 0. The number of furan rings is 1. The minimum absolute atomic E-state index is 0.0562. The largest absolute Gasteiger partial charge is 0.486 e. The number of rotatable bonds is 7. The molecule has 0 radical (unpaired) electrons. The van der Waals surface area contributed by atoms with Crippen molar-refractivity contribution in [3.05, 3.63) is 87.8 Å². The van der Waals surface area contributed by atoms with E-state index in [0.717, 1.165) is 16.6 Å². The van der Waals surface area contributed by atoms with E-state index in [2.05, 4.69) is 26.6 Å². The molecule has 0 fully saturated rings. The number of nitrogens with one attached hydrogen (secondary N) is 2. The number of carbonyl (C=O) groups is 2. The van der Waals surface area contributed by atoms with Crippen molar-refractivity contribution in [2.75, 3.05) is 7.05 Å². The lowest BCUT2D eigenvalue weighted by atomic mass is 10.1. The van der Waals surface area contributed by atoms with Crippen molar-refractivity contribution in [2.45, 2.75) is 12.6 Å². The van der Waals surface area contributed by atoms with Crippen LogP contribution < -0.4 is 15.4 Å². The number of hydrogen-bond donors (Lipinski definition) is 2. The minimum atomic E-state index is -1.23. The Bertz CT molecular complexity index is 1070.